The van der Waals surface area contributed by atoms with Gasteiger partial charge in [0.1, 0.15) is 0 Å². The van der Waals surface area contributed by atoms with E-state index in [4.69, 9.17) is 6.58 Å². The Morgan fingerprint density at radius 2 is 1.32 bits per heavy atom. The van der Waals surface area contributed by atoms with Crippen LogP contribution in [0.25, 0.3) is 21.5 Å². The monoisotopic (exact) mass is 730 g/mol. The maximum atomic E-state index is 4.75. The van der Waals surface area contributed by atoms with Crippen LogP contribution in [0.15, 0.2) is 192 Å². The van der Waals surface area contributed by atoms with Crippen molar-refractivity contribution in [1.29, 1.82) is 0 Å². The fraction of sp³-hybridized carbons (Fsp3) is 0.222. The standard InChI is InChI=1S/C54H54N2/c1-8-55-48-36-34-41-21-16-18-29-47(41)51(48)54(6,7)49(55)37-35-43-23-19-22-42(52(43)56(44-24-11-9-12-25-44)45-26-13-10-14-27-45)33-31-39(3)53(4,5)50-38(2)30-32-40-20-15-17-28-46(40)50/h9-18,20-21,24-37H,3,8,19,22-23H2,1-2,4-7H3/b33-31+,43-35+,49-37+. The molecule has 6 aromatic rings. The van der Waals surface area contributed by atoms with Gasteiger partial charge in [-0.3, -0.25) is 0 Å². The average Bonchev–Trinajstić information content (AvgIpc) is 3.45. The normalized spacial score (nSPS) is 17.1. The van der Waals surface area contributed by atoms with Crippen molar-refractivity contribution in [2.45, 2.75) is 71.6 Å². The molecule has 0 fully saturated rings. The first-order valence-electron chi connectivity index (χ1n) is 20.3. The van der Waals surface area contributed by atoms with Crippen LogP contribution in [0.4, 0.5) is 17.1 Å². The number of rotatable bonds is 9. The minimum atomic E-state index is -0.269. The Bertz CT molecular complexity index is 2520. The molecule has 0 spiro atoms. The second-order valence-electron chi connectivity index (χ2n) is 16.5. The predicted octanol–water partition coefficient (Wildman–Crippen LogP) is 14.6. The first kappa shape index (κ1) is 37.1. The van der Waals surface area contributed by atoms with Gasteiger partial charge in [-0.05, 0) is 124 Å². The molecule has 2 aliphatic rings. The summed E-state index contributed by atoms with van der Waals surface area (Å²) in [6.45, 7) is 19.6. The van der Waals surface area contributed by atoms with Crippen LogP contribution in [0, 0.1) is 6.92 Å². The van der Waals surface area contributed by atoms with Crippen LogP contribution >= 0.6 is 0 Å². The van der Waals surface area contributed by atoms with E-state index in [9.17, 15) is 0 Å². The minimum absolute atomic E-state index is 0.161. The molecule has 0 unspecified atom stereocenters. The Kier molecular flexibility index (Phi) is 9.93. The Balaban J connectivity index is 1.28. The van der Waals surface area contributed by atoms with Crippen molar-refractivity contribution >= 4 is 38.6 Å². The van der Waals surface area contributed by atoms with Crippen LogP contribution in [0.3, 0.4) is 0 Å². The van der Waals surface area contributed by atoms with Gasteiger partial charge in [-0.2, -0.15) is 0 Å². The Morgan fingerprint density at radius 1 is 0.732 bits per heavy atom. The maximum absolute atomic E-state index is 4.75. The molecule has 2 nitrogen and oxygen atoms in total. The summed E-state index contributed by atoms with van der Waals surface area (Å²) in [5.41, 5.74) is 13.6. The number of nitrogens with zero attached hydrogens (tertiary/aromatic N) is 2. The number of allylic oxidation sites excluding steroid dienone is 8. The van der Waals surface area contributed by atoms with Gasteiger partial charge in [-0.25, -0.2) is 0 Å². The fourth-order valence-electron chi connectivity index (χ4n) is 9.42. The molecule has 1 heterocycles. The molecule has 1 aliphatic heterocycles. The van der Waals surface area contributed by atoms with Gasteiger partial charge in [0.05, 0.1) is 5.70 Å². The molecule has 0 atom stereocenters. The van der Waals surface area contributed by atoms with Crippen LogP contribution in [0.1, 0.15) is 70.6 Å². The van der Waals surface area contributed by atoms with E-state index in [2.05, 4.69) is 209 Å². The lowest BCUT2D eigenvalue weighted by Crippen LogP contribution is -2.26. The number of para-hydroxylation sites is 2. The van der Waals surface area contributed by atoms with E-state index in [1.165, 1.54) is 66.5 Å². The molecule has 0 saturated heterocycles. The van der Waals surface area contributed by atoms with Crippen molar-refractivity contribution in [3.8, 4) is 0 Å². The molecule has 0 bridgehead atoms. The summed E-state index contributed by atoms with van der Waals surface area (Å²) in [4.78, 5) is 5.00. The number of hydrogen-bond acceptors (Lipinski definition) is 2. The average molecular weight is 731 g/mol. The lowest BCUT2D eigenvalue weighted by Gasteiger charge is -2.34. The van der Waals surface area contributed by atoms with Gasteiger partial charge in [-0.15, -0.1) is 0 Å². The predicted molar refractivity (Wildman–Crippen MR) is 242 cm³/mol. The molecule has 0 N–H and O–H groups in total. The molecule has 2 heteroatoms. The number of aryl methyl sites for hydroxylation is 1. The van der Waals surface area contributed by atoms with Crippen molar-refractivity contribution in [3.05, 3.63) is 209 Å². The fourth-order valence-corrected chi connectivity index (χ4v) is 9.42. The number of anilines is 3. The van der Waals surface area contributed by atoms with Crippen LogP contribution < -0.4 is 9.80 Å². The second-order valence-corrected chi connectivity index (χ2v) is 16.5. The summed E-state index contributed by atoms with van der Waals surface area (Å²) in [6.07, 6.45) is 12.6. The summed E-state index contributed by atoms with van der Waals surface area (Å²) < 4.78 is 0. The highest BCUT2D eigenvalue weighted by molar-refractivity contribution is 5.95. The lowest BCUT2D eigenvalue weighted by atomic mass is 9.74. The highest BCUT2D eigenvalue weighted by Gasteiger charge is 2.40. The summed E-state index contributed by atoms with van der Waals surface area (Å²) in [6, 6.07) is 48.4. The van der Waals surface area contributed by atoms with Crippen molar-refractivity contribution < 1.29 is 0 Å². The quantitative estimate of drug-likeness (QED) is 0.137. The third-order valence-electron chi connectivity index (χ3n) is 12.3. The van der Waals surface area contributed by atoms with Gasteiger partial charge in [0.15, 0.2) is 0 Å². The third kappa shape index (κ3) is 6.52. The molecule has 0 aromatic heterocycles. The zero-order valence-electron chi connectivity index (χ0n) is 33.9. The van der Waals surface area contributed by atoms with Crippen molar-refractivity contribution in [2.24, 2.45) is 0 Å². The second kappa shape index (κ2) is 15.0. The molecule has 0 saturated carbocycles. The molecule has 280 valence electrons. The van der Waals surface area contributed by atoms with E-state index in [0.717, 1.165) is 42.8 Å². The molecular formula is C54H54N2. The van der Waals surface area contributed by atoms with Crippen molar-refractivity contribution in [3.63, 3.8) is 0 Å². The van der Waals surface area contributed by atoms with Crippen LogP contribution in [-0.4, -0.2) is 6.54 Å². The summed E-state index contributed by atoms with van der Waals surface area (Å²) in [5, 5.41) is 5.21. The SMILES string of the molecule is C=C(/C=C/C1=C(N(c2ccccc2)c2ccccc2)C(=C/C=C2/N(CC)c3ccc4ccccc4c3C2(C)C)/CCC1)C(C)(C)c1c(C)ccc2ccccc12. The van der Waals surface area contributed by atoms with Gasteiger partial charge >= 0.3 is 0 Å². The Labute approximate surface area is 334 Å². The zero-order chi connectivity index (χ0) is 39.0. The number of hydrogen-bond donors (Lipinski definition) is 0. The topological polar surface area (TPSA) is 6.48 Å². The number of likely N-dealkylation sites (N-methyl/N-ethyl adjacent to an activating group) is 1. The van der Waals surface area contributed by atoms with Gasteiger partial charge in [0, 0.05) is 40.1 Å². The number of benzene rings is 6. The van der Waals surface area contributed by atoms with E-state index in [0.29, 0.717) is 0 Å². The van der Waals surface area contributed by atoms with Gasteiger partial charge in [0.25, 0.3) is 0 Å². The zero-order valence-corrected chi connectivity index (χ0v) is 33.9. The highest BCUT2D eigenvalue weighted by Crippen LogP contribution is 2.51. The van der Waals surface area contributed by atoms with Crippen molar-refractivity contribution in [2.75, 3.05) is 16.3 Å². The molecule has 0 amide bonds. The first-order chi connectivity index (χ1) is 27.1. The summed E-state index contributed by atoms with van der Waals surface area (Å²) in [7, 11) is 0. The van der Waals surface area contributed by atoms with Crippen LogP contribution in [-0.2, 0) is 10.8 Å². The third-order valence-corrected chi connectivity index (χ3v) is 12.3. The van der Waals surface area contributed by atoms with E-state index in [1.807, 2.05) is 0 Å². The first-order valence-corrected chi connectivity index (χ1v) is 20.3. The van der Waals surface area contributed by atoms with E-state index < -0.39 is 0 Å². The van der Waals surface area contributed by atoms with Gasteiger partial charge in [-0.1, -0.05) is 156 Å². The Hall–Kier alpha value is -5.86. The van der Waals surface area contributed by atoms with Gasteiger partial charge < -0.3 is 9.80 Å². The van der Waals surface area contributed by atoms with E-state index in [1.54, 1.807) is 0 Å². The van der Waals surface area contributed by atoms with E-state index in [-0.39, 0.29) is 10.8 Å². The minimum Gasteiger partial charge on any atom is -0.344 e. The van der Waals surface area contributed by atoms with Crippen LogP contribution in [0.5, 0.6) is 0 Å². The summed E-state index contributed by atoms with van der Waals surface area (Å²) in [5.74, 6) is 0. The van der Waals surface area contributed by atoms with Crippen molar-refractivity contribution in [1.82, 2.24) is 0 Å². The molecule has 0 radical (unpaired) electrons. The molecule has 6 aromatic carbocycles. The maximum Gasteiger partial charge on any atom is 0.0525 e. The largest absolute Gasteiger partial charge is 0.344 e. The molecular weight excluding hydrogens is 677 g/mol. The van der Waals surface area contributed by atoms with Crippen LogP contribution in [0.2, 0.25) is 0 Å². The highest BCUT2D eigenvalue weighted by atomic mass is 15.2. The van der Waals surface area contributed by atoms with Gasteiger partial charge in [0.2, 0.25) is 0 Å². The molecule has 1 aliphatic carbocycles. The molecule has 56 heavy (non-hydrogen) atoms. The smallest absolute Gasteiger partial charge is 0.0525 e. The lowest BCUT2D eigenvalue weighted by molar-refractivity contribution is 0.638. The van der Waals surface area contributed by atoms with E-state index >= 15 is 0 Å². The molecule has 8 rings (SSSR count). The number of fused-ring (bicyclic) bond motifs is 4. The summed E-state index contributed by atoms with van der Waals surface area (Å²) >= 11 is 0. The Morgan fingerprint density at radius 3 is 1.98 bits per heavy atom.